The van der Waals surface area contributed by atoms with Crippen molar-refractivity contribution in [1.82, 2.24) is 0 Å². The molecule has 0 saturated heterocycles. The third kappa shape index (κ3) is 1.88. The molecule has 1 saturated carbocycles. The number of aliphatic carboxylic acids is 1. The Kier molecular flexibility index (Phi) is 2.42. The molecule has 11 heavy (non-hydrogen) atoms. The molecule has 0 aliphatic heterocycles. The maximum Gasteiger partial charge on any atom is 0.306 e. The molecule has 0 radical (unpaired) electrons. The molecule has 2 atom stereocenters. The zero-order valence-corrected chi connectivity index (χ0v) is 5.96. The molecular formula is C7H10F2O2. The van der Waals surface area contributed by atoms with E-state index in [-0.39, 0.29) is 12.3 Å². The Morgan fingerprint density at radius 1 is 1.55 bits per heavy atom. The van der Waals surface area contributed by atoms with Crippen molar-refractivity contribution in [3.63, 3.8) is 0 Å². The lowest BCUT2D eigenvalue weighted by Gasteiger charge is -2.32. The van der Waals surface area contributed by atoms with E-state index in [2.05, 4.69) is 0 Å². The highest BCUT2D eigenvalue weighted by atomic mass is 19.3. The Morgan fingerprint density at radius 3 is 2.45 bits per heavy atom. The number of hydrogen-bond acceptors (Lipinski definition) is 1. The first-order valence-corrected chi connectivity index (χ1v) is 3.62. The number of alkyl halides is 2. The number of carbonyl (C=O) groups is 1. The molecule has 0 aromatic rings. The van der Waals surface area contributed by atoms with Crippen LogP contribution in [-0.4, -0.2) is 17.5 Å². The van der Waals surface area contributed by atoms with Gasteiger partial charge in [0.05, 0.1) is 5.92 Å². The van der Waals surface area contributed by atoms with Crippen LogP contribution in [0.25, 0.3) is 0 Å². The van der Waals surface area contributed by atoms with Crippen molar-refractivity contribution in [2.75, 3.05) is 0 Å². The first-order chi connectivity index (χ1) is 5.11. The van der Waals surface area contributed by atoms with Crippen molar-refractivity contribution in [1.29, 1.82) is 0 Å². The van der Waals surface area contributed by atoms with Gasteiger partial charge in [0, 0.05) is 6.42 Å². The number of carboxylic acids is 1. The van der Waals surface area contributed by atoms with Crippen LogP contribution < -0.4 is 0 Å². The van der Waals surface area contributed by atoms with Crippen LogP contribution in [0.3, 0.4) is 0 Å². The van der Waals surface area contributed by atoms with Gasteiger partial charge in [-0.05, 0) is 18.8 Å². The Bertz CT molecular complexity index is 159. The van der Waals surface area contributed by atoms with E-state index in [4.69, 9.17) is 5.11 Å². The fraction of sp³-hybridized carbons (Fsp3) is 0.857. The molecule has 0 aromatic carbocycles. The second kappa shape index (κ2) is 3.15. The third-order valence-electron chi connectivity index (χ3n) is 2.22. The van der Waals surface area contributed by atoms with E-state index >= 15 is 0 Å². The summed E-state index contributed by atoms with van der Waals surface area (Å²) in [4.78, 5) is 10.3. The molecule has 2 nitrogen and oxygen atoms in total. The Morgan fingerprint density at radius 2 is 2.18 bits per heavy atom. The standard InChI is InChI=1S/C7H10F2O2/c8-6(9)3-4-1-2-5(4)7(10)11/h4-6H,1-3H2,(H,10,11). The molecule has 0 spiro atoms. The summed E-state index contributed by atoms with van der Waals surface area (Å²) in [5.74, 6) is -1.72. The van der Waals surface area contributed by atoms with Crippen LogP contribution in [0, 0.1) is 11.8 Å². The molecule has 1 fully saturated rings. The highest BCUT2D eigenvalue weighted by Gasteiger charge is 2.37. The predicted molar refractivity (Wildman–Crippen MR) is 34.5 cm³/mol. The van der Waals surface area contributed by atoms with E-state index in [0.29, 0.717) is 12.8 Å². The molecule has 0 aromatic heterocycles. The van der Waals surface area contributed by atoms with Gasteiger partial charge in [-0.2, -0.15) is 0 Å². The van der Waals surface area contributed by atoms with Gasteiger partial charge in [0.1, 0.15) is 0 Å². The summed E-state index contributed by atoms with van der Waals surface area (Å²) >= 11 is 0. The lowest BCUT2D eigenvalue weighted by Crippen LogP contribution is -2.33. The fourth-order valence-corrected chi connectivity index (χ4v) is 1.41. The van der Waals surface area contributed by atoms with Crippen molar-refractivity contribution in [3.8, 4) is 0 Å². The van der Waals surface area contributed by atoms with E-state index in [1.165, 1.54) is 0 Å². The van der Waals surface area contributed by atoms with Gasteiger partial charge < -0.3 is 5.11 Å². The zero-order valence-electron chi connectivity index (χ0n) is 5.96. The summed E-state index contributed by atoms with van der Waals surface area (Å²) in [6, 6.07) is 0. The lowest BCUT2D eigenvalue weighted by atomic mass is 9.72. The van der Waals surface area contributed by atoms with Gasteiger partial charge in [-0.15, -0.1) is 0 Å². The van der Waals surface area contributed by atoms with E-state index in [1.54, 1.807) is 0 Å². The van der Waals surface area contributed by atoms with Crippen LogP contribution >= 0.6 is 0 Å². The number of rotatable bonds is 3. The predicted octanol–water partition coefficient (Wildman–Crippen LogP) is 1.75. The SMILES string of the molecule is O=C(O)C1CCC1CC(F)F. The van der Waals surface area contributed by atoms with Crippen LogP contribution in [0.2, 0.25) is 0 Å². The first-order valence-electron chi connectivity index (χ1n) is 3.62. The monoisotopic (exact) mass is 164 g/mol. The zero-order chi connectivity index (χ0) is 8.43. The second-order valence-electron chi connectivity index (χ2n) is 2.91. The van der Waals surface area contributed by atoms with Gasteiger partial charge in [0.2, 0.25) is 6.43 Å². The molecule has 1 N–H and O–H groups in total. The molecule has 2 unspecified atom stereocenters. The summed E-state index contributed by atoms with van der Waals surface area (Å²) in [5, 5.41) is 8.47. The van der Waals surface area contributed by atoms with Gasteiger partial charge >= 0.3 is 5.97 Å². The quantitative estimate of drug-likeness (QED) is 0.689. The van der Waals surface area contributed by atoms with Gasteiger partial charge in [-0.3, -0.25) is 4.79 Å². The molecule has 4 heteroatoms. The fourth-order valence-electron chi connectivity index (χ4n) is 1.41. The normalized spacial score (nSPS) is 30.1. The molecule has 64 valence electrons. The van der Waals surface area contributed by atoms with Gasteiger partial charge in [0.25, 0.3) is 0 Å². The van der Waals surface area contributed by atoms with Crippen LogP contribution in [0.5, 0.6) is 0 Å². The number of hydrogen-bond donors (Lipinski definition) is 1. The van der Waals surface area contributed by atoms with Crippen molar-refractivity contribution in [3.05, 3.63) is 0 Å². The molecule has 0 heterocycles. The average Bonchev–Trinajstić information content (AvgIpc) is 1.78. The molecular weight excluding hydrogens is 154 g/mol. The summed E-state index contributed by atoms with van der Waals surface area (Å²) in [7, 11) is 0. The van der Waals surface area contributed by atoms with Crippen molar-refractivity contribution >= 4 is 5.97 Å². The van der Waals surface area contributed by atoms with Crippen molar-refractivity contribution in [2.45, 2.75) is 25.7 Å². The summed E-state index contributed by atoms with van der Waals surface area (Å²) < 4.78 is 23.5. The van der Waals surface area contributed by atoms with Crippen molar-refractivity contribution in [2.24, 2.45) is 11.8 Å². The maximum atomic E-state index is 11.7. The Balaban J connectivity index is 2.31. The molecule has 1 rings (SSSR count). The minimum atomic E-state index is -2.36. The minimum Gasteiger partial charge on any atom is -0.481 e. The van der Waals surface area contributed by atoms with E-state index in [1.807, 2.05) is 0 Å². The van der Waals surface area contributed by atoms with Crippen LogP contribution in [0.4, 0.5) is 8.78 Å². The number of halogens is 2. The average molecular weight is 164 g/mol. The Labute approximate surface area is 63.2 Å². The summed E-state index contributed by atoms with van der Waals surface area (Å²) in [5.41, 5.74) is 0. The topological polar surface area (TPSA) is 37.3 Å². The van der Waals surface area contributed by atoms with E-state index in [9.17, 15) is 13.6 Å². The summed E-state index contributed by atoms with van der Waals surface area (Å²) in [6.07, 6.45) is -1.41. The Hall–Kier alpha value is -0.670. The highest BCUT2D eigenvalue weighted by Crippen LogP contribution is 2.38. The molecule has 0 bridgehead atoms. The highest BCUT2D eigenvalue weighted by molar-refractivity contribution is 5.71. The minimum absolute atomic E-state index is 0.253. The maximum absolute atomic E-state index is 11.7. The van der Waals surface area contributed by atoms with Crippen LogP contribution in [0.1, 0.15) is 19.3 Å². The van der Waals surface area contributed by atoms with Gasteiger partial charge in [-0.25, -0.2) is 8.78 Å². The molecule has 0 amide bonds. The largest absolute Gasteiger partial charge is 0.481 e. The molecule has 1 aliphatic carbocycles. The van der Waals surface area contributed by atoms with Gasteiger partial charge in [0.15, 0.2) is 0 Å². The third-order valence-corrected chi connectivity index (χ3v) is 2.22. The van der Waals surface area contributed by atoms with Gasteiger partial charge in [-0.1, -0.05) is 0 Å². The first kappa shape index (κ1) is 8.43. The molecule has 1 aliphatic rings. The lowest BCUT2D eigenvalue weighted by molar-refractivity contribution is -0.148. The van der Waals surface area contributed by atoms with Crippen molar-refractivity contribution < 1.29 is 18.7 Å². The second-order valence-corrected chi connectivity index (χ2v) is 2.91. The van der Waals surface area contributed by atoms with Crippen LogP contribution in [0.15, 0.2) is 0 Å². The van der Waals surface area contributed by atoms with E-state index < -0.39 is 18.3 Å². The van der Waals surface area contributed by atoms with Crippen LogP contribution in [-0.2, 0) is 4.79 Å². The summed E-state index contributed by atoms with van der Waals surface area (Å²) in [6.45, 7) is 0. The smallest absolute Gasteiger partial charge is 0.306 e. The van der Waals surface area contributed by atoms with E-state index in [0.717, 1.165) is 0 Å². The number of carboxylic acid groups (broad SMARTS) is 1.